The molecule has 0 saturated carbocycles. The van der Waals surface area contributed by atoms with E-state index in [0.29, 0.717) is 12.0 Å². The minimum absolute atomic E-state index is 0. The highest BCUT2D eigenvalue weighted by molar-refractivity contribution is 14.0. The molecule has 2 aliphatic rings. The summed E-state index contributed by atoms with van der Waals surface area (Å²) >= 11 is 0. The summed E-state index contributed by atoms with van der Waals surface area (Å²) < 4.78 is 0. The van der Waals surface area contributed by atoms with Gasteiger partial charge >= 0.3 is 0 Å². The molecule has 0 spiro atoms. The lowest BCUT2D eigenvalue weighted by Gasteiger charge is -2.33. The van der Waals surface area contributed by atoms with Gasteiger partial charge in [-0.1, -0.05) is 37.3 Å². The molecular weight excluding hydrogens is 513 g/mol. The van der Waals surface area contributed by atoms with Crippen molar-refractivity contribution in [3.63, 3.8) is 0 Å². The van der Waals surface area contributed by atoms with E-state index in [4.69, 9.17) is 0 Å². The van der Waals surface area contributed by atoms with E-state index in [-0.39, 0.29) is 36.4 Å². The SMILES string of the molecule is CCCN1CCC(NC(=NCC(=O)N2CCC(Cc3ccccc3)CC2)NCC)CC1.I. The molecule has 2 saturated heterocycles. The van der Waals surface area contributed by atoms with E-state index >= 15 is 0 Å². The van der Waals surface area contributed by atoms with Crippen LogP contribution in [0, 0.1) is 5.92 Å². The maximum absolute atomic E-state index is 12.7. The van der Waals surface area contributed by atoms with Crippen LogP contribution in [-0.4, -0.2) is 73.5 Å². The maximum atomic E-state index is 12.7. The lowest BCUT2D eigenvalue weighted by Crippen LogP contribution is -2.49. The number of benzene rings is 1. The van der Waals surface area contributed by atoms with Gasteiger partial charge in [0, 0.05) is 38.8 Å². The Labute approximate surface area is 211 Å². The number of nitrogens with zero attached hydrogens (tertiary/aromatic N) is 3. The van der Waals surface area contributed by atoms with E-state index in [1.807, 2.05) is 4.90 Å². The molecule has 6 nitrogen and oxygen atoms in total. The van der Waals surface area contributed by atoms with Gasteiger partial charge in [-0.2, -0.15) is 0 Å². The van der Waals surface area contributed by atoms with E-state index < -0.39 is 0 Å². The number of hydrogen-bond donors (Lipinski definition) is 2. The fourth-order valence-corrected chi connectivity index (χ4v) is 4.71. The number of rotatable bonds is 8. The van der Waals surface area contributed by atoms with Crippen molar-refractivity contribution in [1.82, 2.24) is 20.4 Å². The van der Waals surface area contributed by atoms with E-state index in [2.05, 4.69) is 64.7 Å². The van der Waals surface area contributed by atoms with E-state index in [0.717, 1.165) is 70.8 Å². The first-order valence-corrected chi connectivity index (χ1v) is 12.3. The molecule has 0 bridgehead atoms. The fraction of sp³-hybridized carbons (Fsp3) is 0.680. The molecule has 32 heavy (non-hydrogen) atoms. The van der Waals surface area contributed by atoms with E-state index in [1.54, 1.807) is 0 Å². The van der Waals surface area contributed by atoms with Crippen LogP contribution in [0.1, 0.15) is 51.5 Å². The van der Waals surface area contributed by atoms with Gasteiger partial charge in [-0.3, -0.25) is 4.79 Å². The van der Waals surface area contributed by atoms with Gasteiger partial charge in [0.1, 0.15) is 6.54 Å². The standard InChI is InChI=1S/C25H41N5O.HI/c1-3-14-29-15-12-23(13-16-29)28-25(26-4-2)27-20-24(31)30-17-10-22(11-18-30)19-21-8-6-5-7-9-21;/h5-9,22-23H,3-4,10-20H2,1-2H3,(H2,26,27,28);1H. The third-order valence-corrected chi connectivity index (χ3v) is 6.52. The second-order valence-corrected chi connectivity index (χ2v) is 8.97. The molecule has 2 aliphatic heterocycles. The predicted molar refractivity (Wildman–Crippen MR) is 144 cm³/mol. The van der Waals surface area contributed by atoms with Crippen LogP contribution < -0.4 is 10.6 Å². The van der Waals surface area contributed by atoms with Crippen LogP contribution in [0.2, 0.25) is 0 Å². The van der Waals surface area contributed by atoms with Crippen molar-refractivity contribution in [3.8, 4) is 0 Å². The van der Waals surface area contributed by atoms with Gasteiger partial charge in [0.05, 0.1) is 0 Å². The van der Waals surface area contributed by atoms with Gasteiger partial charge in [0.2, 0.25) is 5.91 Å². The summed E-state index contributed by atoms with van der Waals surface area (Å²) in [6, 6.07) is 11.1. The highest BCUT2D eigenvalue weighted by Gasteiger charge is 2.23. The molecule has 180 valence electrons. The summed E-state index contributed by atoms with van der Waals surface area (Å²) in [6.07, 6.45) is 6.76. The minimum Gasteiger partial charge on any atom is -0.357 e. The first-order chi connectivity index (χ1) is 15.2. The third-order valence-electron chi connectivity index (χ3n) is 6.52. The smallest absolute Gasteiger partial charge is 0.244 e. The van der Waals surface area contributed by atoms with Crippen molar-refractivity contribution >= 4 is 35.8 Å². The third kappa shape index (κ3) is 8.89. The number of amides is 1. The summed E-state index contributed by atoms with van der Waals surface area (Å²) in [7, 11) is 0. The first kappa shape index (κ1) is 26.9. The highest BCUT2D eigenvalue weighted by Crippen LogP contribution is 2.21. The van der Waals surface area contributed by atoms with Crippen LogP contribution in [0.3, 0.4) is 0 Å². The Bertz CT molecular complexity index is 683. The topological polar surface area (TPSA) is 60.0 Å². The number of nitrogens with one attached hydrogen (secondary N) is 2. The minimum atomic E-state index is 0. The fourth-order valence-electron chi connectivity index (χ4n) is 4.71. The summed E-state index contributed by atoms with van der Waals surface area (Å²) in [6.45, 7) is 10.5. The van der Waals surface area contributed by atoms with Crippen LogP contribution in [0.4, 0.5) is 0 Å². The Hall–Kier alpha value is -1.35. The largest absolute Gasteiger partial charge is 0.357 e. The van der Waals surface area contributed by atoms with Crippen molar-refractivity contribution in [1.29, 1.82) is 0 Å². The monoisotopic (exact) mass is 555 g/mol. The number of carbonyl (C=O) groups is 1. The summed E-state index contributed by atoms with van der Waals surface area (Å²) in [5.74, 6) is 1.60. The number of guanidine groups is 1. The van der Waals surface area contributed by atoms with Crippen molar-refractivity contribution in [2.24, 2.45) is 10.9 Å². The number of aliphatic imine (C=N–C) groups is 1. The number of halogens is 1. The second-order valence-electron chi connectivity index (χ2n) is 8.97. The predicted octanol–water partition coefficient (Wildman–Crippen LogP) is 3.52. The quantitative estimate of drug-likeness (QED) is 0.293. The molecule has 3 rings (SSSR count). The molecule has 2 heterocycles. The zero-order valence-corrected chi connectivity index (χ0v) is 22.2. The Morgan fingerprint density at radius 1 is 1.03 bits per heavy atom. The van der Waals surface area contributed by atoms with Gasteiger partial charge in [-0.05, 0) is 63.5 Å². The van der Waals surface area contributed by atoms with Crippen molar-refractivity contribution in [2.75, 3.05) is 45.8 Å². The van der Waals surface area contributed by atoms with Crippen LogP contribution in [0.25, 0.3) is 0 Å². The molecule has 0 atom stereocenters. The van der Waals surface area contributed by atoms with Gasteiger partial charge in [-0.15, -0.1) is 24.0 Å². The molecule has 1 aromatic carbocycles. The van der Waals surface area contributed by atoms with Gasteiger partial charge in [-0.25, -0.2) is 4.99 Å². The molecule has 1 aromatic rings. The summed E-state index contributed by atoms with van der Waals surface area (Å²) in [4.78, 5) is 21.9. The van der Waals surface area contributed by atoms with Crippen molar-refractivity contribution in [3.05, 3.63) is 35.9 Å². The van der Waals surface area contributed by atoms with Crippen molar-refractivity contribution in [2.45, 2.75) is 58.4 Å². The highest BCUT2D eigenvalue weighted by atomic mass is 127. The second kappa shape index (κ2) is 14.7. The molecular formula is C25H42IN5O. The average molecular weight is 556 g/mol. The lowest BCUT2D eigenvalue weighted by molar-refractivity contribution is -0.130. The number of piperidine rings is 2. The van der Waals surface area contributed by atoms with Crippen molar-refractivity contribution < 1.29 is 4.79 Å². The number of carbonyl (C=O) groups excluding carboxylic acids is 1. The van der Waals surface area contributed by atoms with Gasteiger partial charge in [0.15, 0.2) is 5.96 Å². The molecule has 7 heteroatoms. The van der Waals surface area contributed by atoms with Crippen LogP contribution >= 0.6 is 24.0 Å². The Balaban J connectivity index is 0.00000363. The lowest BCUT2D eigenvalue weighted by atomic mass is 9.90. The number of hydrogen-bond acceptors (Lipinski definition) is 3. The van der Waals surface area contributed by atoms with E-state index in [1.165, 1.54) is 18.5 Å². The molecule has 0 aromatic heterocycles. The Morgan fingerprint density at radius 2 is 1.72 bits per heavy atom. The van der Waals surface area contributed by atoms with Crippen LogP contribution in [0.15, 0.2) is 35.3 Å². The molecule has 0 radical (unpaired) electrons. The zero-order chi connectivity index (χ0) is 21.9. The Kier molecular flexibility index (Phi) is 12.4. The molecule has 2 N–H and O–H groups in total. The first-order valence-electron chi connectivity index (χ1n) is 12.3. The molecule has 2 fully saturated rings. The molecule has 1 amide bonds. The number of likely N-dealkylation sites (tertiary alicyclic amines) is 2. The molecule has 0 aliphatic carbocycles. The zero-order valence-electron chi connectivity index (χ0n) is 19.9. The van der Waals surface area contributed by atoms with Gasteiger partial charge < -0.3 is 20.4 Å². The summed E-state index contributed by atoms with van der Waals surface area (Å²) in [5.41, 5.74) is 1.40. The average Bonchev–Trinajstić information content (AvgIpc) is 2.80. The van der Waals surface area contributed by atoms with Crippen LogP contribution in [0.5, 0.6) is 0 Å². The van der Waals surface area contributed by atoms with Gasteiger partial charge in [0.25, 0.3) is 0 Å². The van der Waals surface area contributed by atoms with Crippen LogP contribution in [-0.2, 0) is 11.2 Å². The normalized spacial score (nSPS) is 18.8. The van der Waals surface area contributed by atoms with E-state index in [9.17, 15) is 4.79 Å². The summed E-state index contributed by atoms with van der Waals surface area (Å²) in [5, 5.41) is 6.87. The Morgan fingerprint density at radius 3 is 2.34 bits per heavy atom. The maximum Gasteiger partial charge on any atom is 0.244 e. The molecule has 0 unspecified atom stereocenters.